The molecule has 0 bridgehead atoms. The first kappa shape index (κ1) is 21.1. The van der Waals surface area contributed by atoms with E-state index in [9.17, 15) is 4.79 Å². The van der Waals surface area contributed by atoms with Gasteiger partial charge in [0.25, 0.3) is 0 Å². The van der Waals surface area contributed by atoms with Gasteiger partial charge in [-0.3, -0.25) is 9.48 Å². The van der Waals surface area contributed by atoms with Crippen molar-refractivity contribution in [3.05, 3.63) is 48.0 Å². The van der Waals surface area contributed by atoms with Gasteiger partial charge in [-0.1, -0.05) is 38.1 Å². The van der Waals surface area contributed by atoms with Crippen LogP contribution in [0, 0.1) is 17.3 Å². The topological polar surface area (TPSA) is 47.8 Å². The molecule has 1 saturated carbocycles. The molecule has 0 unspecified atom stereocenters. The largest absolute Gasteiger partial charge is 0.299 e. The Balaban J connectivity index is 1.71. The molecule has 3 atom stereocenters. The monoisotopic (exact) mass is 399 g/mol. The van der Waals surface area contributed by atoms with Gasteiger partial charge in [-0.2, -0.15) is 16.9 Å². The highest BCUT2D eigenvalue weighted by molar-refractivity contribution is 7.98. The number of thioether (sulfide) groups is 1. The van der Waals surface area contributed by atoms with Crippen LogP contribution in [0.2, 0.25) is 0 Å². The zero-order chi connectivity index (χ0) is 20.0. The van der Waals surface area contributed by atoms with Crippen LogP contribution in [-0.2, 0) is 24.2 Å². The summed E-state index contributed by atoms with van der Waals surface area (Å²) in [5.41, 5.74) is 2.57. The number of aryl methyl sites for hydroxylation is 2. The second-order valence-corrected chi connectivity index (χ2v) is 9.38. The predicted octanol–water partition coefficient (Wildman–Crippen LogP) is 4.83. The molecule has 0 aliphatic heterocycles. The van der Waals surface area contributed by atoms with Crippen molar-refractivity contribution in [2.45, 2.75) is 58.9 Å². The number of nitrogens with zero attached hydrogens (tertiary/aromatic N) is 3. The molecule has 28 heavy (non-hydrogen) atoms. The van der Waals surface area contributed by atoms with Gasteiger partial charge in [0, 0.05) is 11.3 Å². The molecule has 0 N–H and O–H groups in total. The summed E-state index contributed by atoms with van der Waals surface area (Å²) in [6.45, 7) is 5.03. The number of benzene rings is 1. The minimum absolute atomic E-state index is 0.0391. The Kier molecular flexibility index (Phi) is 7.33. The van der Waals surface area contributed by atoms with Crippen molar-refractivity contribution >= 4 is 17.5 Å². The SMILES string of the molecule is CCc1ccc(CC[C@@H]2CC[C@@](C)(CCSC)C(=O)[C@H]2Cn2cncn2)cc1. The number of carbonyl (C=O) groups excluding carboxylic acids is 1. The molecule has 0 spiro atoms. The average Bonchev–Trinajstić information content (AvgIpc) is 3.23. The van der Waals surface area contributed by atoms with Gasteiger partial charge in [-0.25, -0.2) is 4.98 Å². The van der Waals surface area contributed by atoms with E-state index in [1.807, 2.05) is 16.4 Å². The third-order valence-corrected chi connectivity index (χ3v) is 7.12. The van der Waals surface area contributed by atoms with Gasteiger partial charge in [0.2, 0.25) is 0 Å². The summed E-state index contributed by atoms with van der Waals surface area (Å²) >= 11 is 1.83. The van der Waals surface area contributed by atoms with Gasteiger partial charge in [0.05, 0.1) is 6.54 Å². The minimum Gasteiger partial charge on any atom is -0.299 e. The Morgan fingerprint density at radius 3 is 2.64 bits per heavy atom. The average molecular weight is 400 g/mol. The Hall–Kier alpha value is -1.62. The molecule has 1 heterocycles. The van der Waals surface area contributed by atoms with E-state index in [1.54, 1.807) is 12.7 Å². The molecule has 4 nitrogen and oxygen atoms in total. The van der Waals surface area contributed by atoms with Crippen LogP contribution >= 0.6 is 11.8 Å². The van der Waals surface area contributed by atoms with E-state index in [0.717, 1.165) is 44.3 Å². The quantitative estimate of drug-likeness (QED) is 0.606. The maximum absolute atomic E-state index is 13.5. The van der Waals surface area contributed by atoms with E-state index in [2.05, 4.69) is 54.5 Å². The Morgan fingerprint density at radius 2 is 2.00 bits per heavy atom. The van der Waals surface area contributed by atoms with Crippen LogP contribution in [0.1, 0.15) is 50.7 Å². The van der Waals surface area contributed by atoms with Crippen molar-refractivity contribution in [1.29, 1.82) is 0 Å². The number of rotatable bonds is 9. The van der Waals surface area contributed by atoms with Gasteiger partial charge in [0.15, 0.2) is 0 Å². The second kappa shape index (κ2) is 9.73. The summed E-state index contributed by atoms with van der Waals surface area (Å²) in [4.78, 5) is 17.6. The fraction of sp³-hybridized carbons (Fsp3) is 0.609. The number of aromatic nitrogens is 3. The third-order valence-electron chi connectivity index (χ3n) is 6.51. The summed E-state index contributed by atoms with van der Waals surface area (Å²) in [5, 5.41) is 4.28. The number of ketones is 1. The number of hydrogen-bond acceptors (Lipinski definition) is 4. The molecule has 0 amide bonds. The van der Waals surface area contributed by atoms with Crippen LogP contribution in [-0.4, -0.2) is 32.6 Å². The van der Waals surface area contributed by atoms with E-state index in [-0.39, 0.29) is 11.3 Å². The van der Waals surface area contributed by atoms with E-state index in [4.69, 9.17) is 0 Å². The van der Waals surface area contributed by atoms with Crippen molar-refractivity contribution < 1.29 is 4.79 Å². The molecule has 1 aromatic heterocycles. The highest BCUT2D eigenvalue weighted by Crippen LogP contribution is 2.44. The summed E-state index contributed by atoms with van der Waals surface area (Å²) in [7, 11) is 0. The lowest BCUT2D eigenvalue weighted by Crippen LogP contribution is -2.44. The van der Waals surface area contributed by atoms with Crippen LogP contribution < -0.4 is 0 Å². The molecule has 1 aliphatic carbocycles. The number of hydrogen-bond donors (Lipinski definition) is 0. The van der Waals surface area contributed by atoms with E-state index >= 15 is 0 Å². The van der Waals surface area contributed by atoms with Crippen LogP contribution in [0.5, 0.6) is 0 Å². The fourth-order valence-corrected chi connectivity index (χ4v) is 5.12. The predicted molar refractivity (Wildman–Crippen MR) is 116 cm³/mol. The second-order valence-electron chi connectivity index (χ2n) is 8.40. The van der Waals surface area contributed by atoms with Crippen molar-refractivity contribution in [1.82, 2.24) is 14.8 Å². The number of carbonyl (C=O) groups is 1. The first-order valence-electron chi connectivity index (χ1n) is 10.5. The number of Topliss-reactive ketones (excluding diaryl/α,β-unsaturated/α-hetero) is 1. The lowest BCUT2D eigenvalue weighted by atomic mass is 9.63. The molecule has 152 valence electrons. The van der Waals surface area contributed by atoms with E-state index < -0.39 is 0 Å². The normalized spacial score (nSPS) is 25.2. The highest BCUT2D eigenvalue weighted by Gasteiger charge is 2.45. The van der Waals surface area contributed by atoms with Gasteiger partial charge in [-0.15, -0.1) is 0 Å². The molecule has 0 saturated heterocycles. The molecule has 3 rings (SSSR count). The first-order chi connectivity index (χ1) is 13.6. The Bertz CT molecular complexity index is 744. The molecule has 1 aromatic carbocycles. The Morgan fingerprint density at radius 1 is 1.25 bits per heavy atom. The first-order valence-corrected chi connectivity index (χ1v) is 11.9. The third kappa shape index (κ3) is 5.05. The minimum atomic E-state index is -0.187. The van der Waals surface area contributed by atoms with Gasteiger partial charge >= 0.3 is 0 Å². The van der Waals surface area contributed by atoms with Gasteiger partial charge in [0.1, 0.15) is 18.4 Å². The molecular weight excluding hydrogens is 366 g/mol. The van der Waals surface area contributed by atoms with Crippen LogP contribution in [0.3, 0.4) is 0 Å². The molecule has 5 heteroatoms. The zero-order valence-electron chi connectivity index (χ0n) is 17.4. The summed E-state index contributed by atoms with van der Waals surface area (Å²) < 4.78 is 1.84. The molecule has 2 aromatic rings. The van der Waals surface area contributed by atoms with Crippen molar-refractivity contribution in [3.63, 3.8) is 0 Å². The standard InChI is InChI=1S/C23H33N3OS/c1-4-18-5-7-19(8-6-18)9-10-20-11-12-23(2,13-14-28-3)22(27)21(20)15-26-17-24-16-25-26/h5-8,16-17,20-21H,4,9-15H2,1-3H3/t20-,21+,23+/m1/s1. The lowest BCUT2D eigenvalue weighted by Gasteiger charge is -2.41. The summed E-state index contributed by atoms with van der Waals surface area (Å²) in [5.74, 6) is 1.95. The zero-order valence-corrected chi connectivity index (χ0v) is 18.3. The maximum atomic E-state index is 13.5. The molecule has 1 fully saturated rings. The Labute approximate surface area is 173 Å². The smallest absolute Gasteiger partial charge is 0.143 e. The van der Waals surface area contributed by atoms with Crippen LogP contribution in [0.25, 0.3) is 0 Å². The van der Waals surface area contributed by atoms with Crippen LogP contribution in [0.4, 0.5) is 0 Å². The summed E-state index contributed by atoms with van der Waals surface area (Å²) in [6.07, 6.45) is 11.7. The maximum Gasteiger partial charge on any atom is 0.143 e. The van der Waals surface area contributed by atoms with Crippen molar-refractivity contribution in [2.75, 3.05) is 12.0 Å². The lowest BCUT2D eigenvalue weighted by molar-refractivity contribution is -0.139. The van der Waals surface area contributed by atoms with E-state index in [1.165, 1.54) is 11.1 Å². The van der Waals surface area contributed by atoms with Crippen molar-refractivity contribution in [3.8, 4) is 0 Å². The fourth-order valence-electron chi connectivity index (χ4n) is 4.47. The highest BCUT2D eigenvalue weighted by atomic mass is 32.2. The van der Waals surface area contributed by atoms with Crippen molar-refractivity contribution in [2.24, 2.45) is 17.3 Å². The molecule has 1 aliphatic rings. The van der Waals surface area contributed by atoms with Crippen LogP contribution in [0.15, 0.2) is 36.9 Å². The van der Waals surface area contributed by atoms with Gasteiger partial charge < -0.3 is 0 Å². The van der Waals surface area contributed by atoms with E-state index in [0.29, 0.717) is 18.2 Å². The summed E-state index contributed by atoms with van der Waals surface area (Å²) in [6, 6.07) is 8.96. The van der Waals surface area contributed by atoms with Gasteiger partial charge in [-0.05, 0) is 67.6 Å². The molecular formula is C23H33N3OS. The molecule has 0 radical (unpaired) electrons.